The Balaban J connectivity index is 2.25. The second kappa shape index (κ2) is 6.63. The first-order chi connectivity index (χ1) is 10.0. The molecule has 1 amide bonds. The Kier molecular flexibility index (Phi) is 4.85. The molecule has 4 N–H and O–H groups in total. The lowest BCUT2D eigenvalue weighted by molar-refractivity contribution is 0.0999. The van der Waals surface area contributed by atoms with Crippen molar-refractivity contribution in [3.8, 4) is 0 Å². The number of rotatable bonds is 5. The van der Waals surface area contributed by atoms with Crippen molar-refractivity contribution in [3.05, 3.63) is 58.1 Å². The predicted molar refractivity (Wildman–Crippen MR) is 90.2 cm³/mol. The normalized spacial score (nSPS) is 10.4. The van der Waals surface area contributed by atoms with Crippen LogP contribution in [-0.4, -0.2) is 12.5 Å². The van der Waals surface area contributed by atoms with Gasteiger partial charge in [-0.05, 0) is 58.7 Å². The Hall–Kier alpha value is -2.01. The molecule has 0 fully saturated rings. The minimum absolute atomic E-state index is 0.438. The van der Waals surface area contributed by atoms with Crippen LogP contribution in [0.2, 0.25) is 0 Å². The first-order valence-corrected chi connectivity index (χ1v) is 7.49. The summed E-state index contributed by atoms with van der Waals surface area (Å²) in [7, 11) is 0. The van der Waals surface area contributed by atoms with Gasteiger partial charge in [0.15, 0.2) is 0 Å². The van der Waals surface area contributed by atoms with Crippen LogP contribution in [0.25, 0.3) is 0 Å². The molecule has 2 aromatic rings. The Bertz CT molecular complexity index is 658. The molecule has 0 spiro atoms. The zero-order valence-electron chi connectivity index (χ0n) is 11.8. The lowest BCUT2D eigenvalue weighted by atomic mass is 10.1. The zero-order valence-corrected chi connectivity index (χ0v) is 13.4. The fourth-order valence-corrected chi connectivity index (χ4v) is 2.76. The van der Waals surface area contributed by atoms with Gasteiger partial charge in [0.25, 0.3) is 0 Å². The second-order valence-electron chi connectivity index (χ2n) is 4.79. The van der Waals surface area contributed by atoms with E-state index in [1.54, 1.807) is 6.07 Å². The van der Waals surface area contributed by atoms with E-state index >= 15 is 0 Å². The highest BCUT2D eigenvalue weighted by Crippen LogP contribution is 2.25. The van der Waals surface area contributed by atoms with Gasteiger partial charge in [0, 0.05) is 28.9 Å². The van der Waals surface area contributed by atoms with Crippen LogP contribution in [-0.2, 0) is 6.54 Å². The van der Waals surface area contributed by atoms with E-state index in [1.807, 2.05) is 36.4 Å². The molecule has 2 aromatic carbocycles. The van der Waals surface area contributed by atoms with Crippen LogP contribution in [0.15, 0.2) is 46.9 Å². The van der Waals surface area contributed by atoms with E-state index in [9.17, 15) is 4.79 Å². The van der Waals surface area contributed by atoms with Gasteiger partial charge in [-0.2, -0.15) is 0 Å². The number of benzene rings is 2. The lowest BCUT2D eigenvalue weighted by Crippen LogP contribution is -2.22. The molecule has 0 radical (unpaired) electrons. The van der Waals surface area contributed by atoms with Crippen LogP contribution in [0.1, 0.15) is 22.8 Å². The molecule has 0 aromatic heterocycles. The van der Waals surface area contributed by atoms with E-state index < -0.39 is 5.91 Å². The van der Waals surface area contributed by atoms with E-state index in [0.717, 1.165) is 30.0 Å². The molecule has 21 heavy (non-hydrogen) atoms. The quantitative estimate of drug-likeness (QED) is 0.816. The van der Waals surface area contributed by atoms with Crippen LogP contribution >= 0.6 is 15.9 Å². The number of carbonyl (C=O) groups is 1. The smallest absolute Gasteiger partial charge is 0.249 e. The molecule has 0 aliphatic rings. The number of amides is 1. The van der Waals surface area contributed by atoms with Crippen LogP contribution in [0.4, 0.5) is 11.4 Å². The third-order valence-electron chi connectivity index (χ3n) is 3.29. The third kappa shape index (κ3) is 3.76. The number of anilines is 2. The first kappa shape index (κ1) is 15.4. The highest BCUT2D eigenvalue weighted by atomic mass is 79.9. The number of nitrogens with zero attached hydrogens (tertiary/aromatic N) is 1. The lowest BCUT2D eigenvalue weighted by Gasteiger charge is -2.24. The maximum atomic E-state index is 11.3. The maximum Gasteiger partial charge on any atom is 0.249 e. The Morgan fingerprint density at radius 3 is 2.57 bits per heavy atom. The topological polar surface area (TPSA) is 72.3 Å². The number of hydrogen-bond donors (Lipinski definition) is 2. The first-order valence-electron chi connectivity index (χ1n) is 6.70. The molecule has 0 heterocycles. The fraction of sp³-hybridized carbons (Fsp3) is 0.188. The van der Waals surface area contributed by atoms with Crippen LogP contribution in [0.5, 0.6) is 0 Å². The van der Waals surface area contributed by atoms with E-state index in [4.69, 9.17) is 11.5 Å². The van der Waals surface area contributed by atoms with Crippen molar-refractivity contribution >= 4 is 33.2 Å². The number of carbonyl (C=O) groups excluding carboxylic acids is 1. The number of hydrogen-bond acceptors (Lipinski definition) is 3. The second-order valence-corrected chi connectivity index (χ2v) is 5.64. The summed E-state index contributed by atoms with van der Waals surface area (Å²) < 4.78 is 0.707. The van der Waals surface area contributed by atoms with Crippen molar-refractivity contribution in [1.82, 2.24) is 0 Å². The molecule has 0 atom stereocenters. The van der Waals surface area contributed by atoms with Gasteiger partial charge in [-0.3, -0.25) is 4.79 Å². The highest BCUT2D eigenvalue weighted by Gasteiger charge is 2.11. The SMILES string of the molecule is CCN(Cc1cccc(N)c1)c1ccc(C(N)=O)c(Br)c1. The molecule has 0 unspecified atom stereocenters. The summed E-state index contributed by atoms with van der Waals surface area (Å²) >= 11 is 3.39. The summed E-state index contributed by atoms with van der Waals surface area (Å²) in [4.78, 5) is 13.5. The molecule has 0 saturated carbocycles. The summed E-state index contributed by atoms with van der Waals surface area (Å²) in [6, 6.07) is 13.4. The third-order valence-corrected chi connectivity index (χ3v) is 3.95. The summed E-state index contributed by atoms with van der Waals surface area (Å²) in [5, 5.41) is 0. The average Bonchev–Trinajstić information content (AvgIpc) is 2.44. The largest absolute Gasteiger partial charge is 0.399 e. The number of primary amides is 1. The van der Waals surface area contributed by atoms with E-state index in [2.05, 4.69) is 27.8 Å². The van der Waals surface area contributed by atoms with Gasteiger partial charge in [0.05, 0.1) is 5.56 Å². The van der Waals surface area contributed by atoms with E-state index in [1.165, 1.54) is 0 Å². The van der Waals surface area contributed by atoms with Crippen molar-refractivity contribution in [2.45, 2.75) is 13.5 Å². The van der Waals surface area contributed by atoms with Gasteiger partial charge in [0.2, 0.25) is 5.91 Å². The highest BCUT2D eigenvalue weighted by molar-refractivity contribution is 9.10. The van der Waals surface area contributed by atoms with E-state index in [0.29, 0.717) is 10.0 Å². The van der Waals surface area contributed by atoms with Crippen molar-refractivity contribution in [3.63, 3.8) is 0 Å². The maximum absolute atomic E-state index is 11.3. The summed E-state index contributed by atoms with van der Waals surface area (Å²) in [5.74, 6) is -0.438. The predicted octanol–water partition coefficient (Wildman–Crippen LogP) is 3.16. The van der Waals surface area contributed by atoms with E-state index in [-0.39, 0.29) is 0 Å². The monoisotopic (exact) mass is 347 g/mol. The summed E-state index contributed by atoms with van der Waals surface area (Å²) in [6.07, 6.45) is 0. The van der Waals surface area contributed by atoms with Gasteiger partial charge in [-0.1, -0.05) is 12.1 Å². The van der Waals surface area contributed by atoms with Crippen molar-refractivity contribution < 1.29 is 4.79 Å². The Labute approximate surface area is 132 Å². The molecular formula is C16H18BrN3O. The molecule has 0 bridgehead atoms. The van der Waals surface area contributed by atoms with Gasteiger partial charge in [-0.25, -0.2) is 0 Å². The van der Waals surface area contributed by atoms with Crippen LogP contribution in [0.3, 0.4) is 0 Å². The van der Waals surface area contributed by atoms with Gasteiger partial charge in [0.1, 0.15) is 0 Å². The Morgan fingerprint density at radius 2 is 2.00 bits per heavy atom. The molecule has 110 valence electrons. The fourth-order valence-electron chi connectivity index (χ4n) is 2.20. The standard InChI is InChI=1S/C16H18BrN3O/c1-2-20(10-11-4-3-5-12(18)8-11)13-6-7-14(16(19)21)15(17)9-13/h3-9H,2,10,18H2,1H3,(H2,19,21). The van der Waals surface area contributed by atoms with Crippen molar-refractivity contribution in [1.29, 1.82) is 0 Å². The molecule has 0 aliphatic heterocycles. The molecular weight excluding hydrogens is 330 g/mol. The summed E-state index contributed by atoms with van der Waals surface area (Å²) in [5.41, 5.74) is 14.5. The molecule has 0 aliphatic carbocycles. The van der Waals surface area contributed by atoms with Gasteiger partial charge < -0.3 is 16.4 Å². The van der Waals surface area contributed by atoms with Gasteiger partial charge in [-0.15, -0.1) is 0 Å². The average molecular weight is 348 g/mol. The molecule has 0 saturated heterocycles. The van der Waals surface area contributed by atoms with Gasteiger partial charge >= 0.3 is 0 Å². The van der Waals surface area contributed by atoms with Crippen molar-refractivity contribution in [2.75, 3.05) is 17.2 Å². The van der Waals surface area contributed by atoms with Crippen LogP contribution < -0.4 is 16.4 Å². The summed E-state index contributed by atoms with van der Waals surface area (Å²) in [6.45, 7) is 3.68. The minimum atomic E-state index is -0.438. The van der Waals surface area contributed by atoms with Crippen LogP contribution in [0, 0.1) is 0 Å². The zero-order chi connectivity index (χ0) is 15.4. The molecule has 5 heteroatoms. The number of nitrogens with two attached hydrogens (primary N) is 2. The van der Waals surface area contributed by atoms with Crippen molar-refractivity contribution in [2.24, 2.45) is 5.73 Å². The number of nitrogen functional groups attached to an aromatic ring is 1. The molecule has 4 nitrogen and oxygen atoms in total. The minimum Gasteiger partial charge on any atom is -0.399 e. The Morgan fingerprint density at radius 1 is 1.24 bits per heavy atom. The number of halogens is 1. The molecule has 2 rings (SSSR count).